The lowest BCUT2D eigenvalue weighted by Crippen LogP contribution is -1.86. The van der Waals surface area contributed by atoms with Gasteiger partial charge >= 0.3 is 0 Å². The average molecular weight is 287 g/mol. The summed E-state index contributed by atoms with van der Waals surface area (Å²) in [6, 6.07) is 19.8. The van der Waals surface area contributed by atoms with Crippen LogP contribution >= 0.6 is 0 Å². The predicted molar refractivity (Wildman–Crippen MR) is 95.6 cm³/mol. The van der Waals surface area contributed by atoms with Gasteiger partial charge in [-0.15, -0.1) is 0 Å². The third-order valence-electron chi connectivity index (χ3n) is 4.37. The summed E-state index contributed by atoms with van der Waals surface area (Å²) in [4.78, 5) is 0. The van der Waals surface area contributed by atoms with Crippen molar-refractivity contribution in [2.45, 2.75) is 33.6 Å². The van der Waals surface area contributed by atoms with Crippen molar-refractivity contribution in [2.75, 3.05) is 0 Å². The SMILES string of the molecule is Cc1cc([CH+]c2ccccc2)c2c(C)ccc(C(C)C)cc1-2. The highest BCUT2D eigenvalue weighted by Crippen LogP contribution is 2.37. The zero-order valence-corrected chi connectivity index (χ0v) is 13.9. The van der Waals surface area contributed by atoms with E-state index in [9.17, 15) is 0 Å². The lowest BCUT2D eigenvalue weighted by atomic mass is 9.98. The summed E-state index contributed by atoms with van der Waals surface area (Å²) >= 11 is 0. The Morgan fingerprint density at radius 3 is 2.23 bits per heavy atom. The van der Waals surface area contributed by atoms with Crippen LogP contribution in [0.3, 0.4) is 0 Å². The molecule has 0 heterocycles. The highest BCUT2D eigenvalue weighted by molar-refractivity contribution is 5.80. The molecule has 1 aromatic carbocycles. The molecule has 22 heavy (non-hydrogen) atoms. The quantitative estimate of drug-likeness (QED) is 0.508. The molecule has 0 bridgehead atoms. The Kier molecular flexibility index (Phi) is 3.94. The van der Waals surface area contributed by atoms with E-state index in [0.29, 0.717) is 5.92 Å². The van der Waals surface area contributed by atoms with Crippen LogP contribution in [0.2, 0.25) is 0 Å². The van der Waals surface area contributed by atoms with Gasteiger partial charge in [0.25, 0.3) is 0 Å². The summed E-state index contributed by atoms with van der Waals surface area (Å²) in [5.41, 5.74) is 9.45. The van der Waals surface area contributed by atoms with Crippen LogP contribution in [-0.2, 0) is 0 Å². The second-order valence-corrected chi connectivity index (χ2v) is 6.44. The van der Waals surface area contributed by atoms with Gasteiger partial charge in [0.05, 0.1) is 16.7 Å². The van der Waals surface area contributed by atoms with Crippen molar-refractivity contribution in [1.29, 1.82) is 0 Å². The first-order valence-electron chi connectivity index (χ1n) is 8.00. The molecule has 0 unspecified atom stereocenters. The van der Waals surface area contributed by atoms with Crippen molar-refractivity contribution < 1.29 is 0 Å². The van der Waals surface area contributed by atoms with Gasteiger partial charge in [-0.2, -0.15) is 0 Å². The topological polar surface area (TPSA) is 0 Å². The van der Waals surface area contributed by atoms with Crippen molar-refractivity contribution >= 4 is 0 Å². The van der Waals surface area contributed by atoms with Gasteiger partial charge in [0.2, 0.25) is 0 Å². The average Bonchev–Trinajstić information content (AvgIpc) is 2.67. The minimum Gasteiger partial charge on any atom is -0.0587 e. The number of hydrogen-bond donors (Lipinski definition) is 0. The molecule has 3 rings (SSSR count). The van der Waals surface area contributed by atoms with E-state index < -0.39 is 0 Å². The highest BCUT2D eigenvalue weighted by atomic mass is 14.2. The maximum absolute atomic E-state index is 2.37. The molecule has 0 amide bonds. The third kappa shape index (κ3) is 2.74. The van der Waals surface area contributed by atoms with E-state index in [0.717, 1.165) is 0 Å². The number of aryl methyl sites for hydroxylation is 2. The largest absolute Gasteiger partial charge is 0.0811 e. The Bertz CT molecular complexity index is 751. The standard InChI is InChI=1S/C22H23/c1-15(2)19-11-10-16(3)22-20(12-17(4)21(22)14-19)13-18-8-6-5-7-9-18/h5-15H,1-4H3/q+1. The molecule has 0 aromatic heterocycles. The minimum atomic E-state index is 0.547. The predicted octanol–water partition coefficient (Wildman–Crippen LogP) is 6.13. The molecule has 0 fully saturated rings. The lowest BCUT2D eigenvalue weighted by molar-refractivity contribution is 0.868. The summed E-state index contributed by atoms with van der Waals surface area (Å²) in [7, 11) is 0. The highest BCUT2D eigenvalue weighted by Gasteiger charge is 2.21. The molecule has 1 aromatic rings. The van der Waals surface area contributed by atoms with Crippen LogP contribution in [0.1, 0.15) is 47.6 Å². The molecule has 0 heteroatoms. The lowest BCUT2D eigenvalue weighted by Gasteiger charge is -2.02. The fourth-order valence-electron chi connectivity index (χ4n) is 3.08. The second-order valence-electron chi connectivity index (χ2n) is 6.44. The van der Waals surface area contributed by atoms with Gasteiger partial charge in [0.15, 0.2) is 0 Å². The van der Waals surface area contributed by atoms with Crippen molar-refractivity contribution in [3.8, 4) is 11.1 Å². The van der Waals surface area contributed by atoms with Crippen LogP contribution in [0.15, 0.2) is 54.6 Å². The fraction of sp³-hybridized carbons (Fsp3) is 0.227. The van der Waals surface area contributed by atoms with Gasteiger partial charge in [-0.05, 0) is 60.7 Å². The van der Waals surface area contributed by atoms with E-state index in [2.05, 4.69) is 88.7 Å². The molecule has 0 aliphatic heterocycles. The number of hydrogen-bond acceptors (Lipinski definition) is 0. The molecule has 2 aliphatic rings. The van der Waals surface area contributed by atoms with Crippen LogP contribution < -0.4 is 0 Å². The molecule has 0 saturated heterocycles. The summed E-state index contributed by atoms with van der Waals surface area (Å²) in [6.45, 7) is 8.94. The van der Waals surface area contributed by atoms with Crippen molar-refractivity contribution in [3.63, 3.8) is 0 Å². The van der Waals surface area contributed by atoms with E-state index in [1.807, 2.05) is 0 Å². The molecule has 2 aliphatic carbocycles. The van der Waals surface area contributed by atoms with E-state index in [1.54, 1.807) is 0 Å². The molecule has 110 valence electrons. The Morgan fingerprint density at radius 1 is 0.818 bits per heavy atom. The minimum absolute atomic E-state index is 0.547. The van der Waals surface area contributed by atoms with E-state index in [-0.39, 0.29) is 0 Å². The van der Waals surface area contributed by atoms with Crippen LogP contribution in [0.25, 0.3) is 11.1 Å². The third-order valence-corrected chi connectivity index (χ3v) is 4.37. The number of rotatable bonds is 3. The zero-order valence-electron chi connectivity index (χ0n) is 13.9. The smallest absolute Gasteiger partial charge is 0.0587 e. The van der Waals surface area contributed by atoms with Gasteiger partial charge in [-0.25, -0.2) is 0 Å². The van der Waals surface area contributed by atoms with Gasteiger partial charge < -0.3 is 0 Å². The van der Waals surface area contributed by atoms with Gasteiger partial charge in [0, 0.05) is 30.2 Å². The Morgan fingerprint density at radius 2 is 1.55 bits per heavy atom. The Hall–Kier alpha value is -2.21. The van der Waals surface area contributed by atoms with E-state index in [4.69, 9.17) is 0 Å². The van der Waals surface area contributed by atoms with Crippen LogP contribution in [0.5, 0.6) is 0 Å². The molecule has 0 spiro atoms. The first-order chi connectivity index (χ1) is 10.6. The zero-order chi connectivity index (χ0) is 15.7. The van der Waals surface area contributed by atoms with Crippen molar-refractivity contribution in [3.05, 3.63) is 88.8 Å². The Labute approximate surface area is 134 Å². The van der Waals surface area contributed by atoms with Gasteiger partial charge in [0.1, 0.15) is 0 Å². The van der Waals surface area contributed by atoms with Crippen molar-refractivity contribution in [1.82, 2.24) is 0 Å². The van der Waals surface area contributed by atoms with E-state index >= 15 is 0 Å². The second kappa shape index (κ2) is 5.88. The monoisotopic (exact) mass is 287 g/mol. The van der Waals surface area contributed by atoms with Gasteiger partial charge in [-0.1, -0.05) is 26.0 Å². The van der Waals surface area contributed by atoms with Crippen LogP contribution in [-0.4, -0.2) is 0 Å². The van der Waals surface area contributed by atoms with Crippen LogP contribution in [0, 0.1) is 20.3 Å². The molecule has 0 nitrogen and oxygen atoms in total. The molecule has 0 atom stereocenters. The van der Waals surface area contributed by atoms with Gasteiger partial charge in [-0.3, -0.25) is 0 Å². The summed E-state index contributed by atoms with van der Waals surface area (Å²) < 4.78 is 0. The maximum Gasteiger partial charge on any atom is 0.0811 e. The maximum atomic E-state index is 2.37. The molecule has 0 radical (unpaired) electrons. The molecular formula is C22H23+. The number of fused-ring (bicyclic) bond motifs is 1. The summed E-state index contributed by atoms with van der Waals surface area (Å²) in [5, 5.41) is 0. The molecule has 0 N–H and O–H groups in total. The molecule has 0 saturated carbocycles. The summed E-state index contributed by atoms with van der Waals surface area (Å²) in [5.74, 6) is 0.547. The molecular weight excluding hydrogens is 264 g/mol. The normalized spacial score (nSPS) is 11.1. The fourth-order valence-corrected chi connectivity index (χ4v) is 3.08. The van der Waals surface area contributed by atoms with E-state index in [1.165, 1.54) is 38.9 Å². The first kappa shape index (κ1) is 14.7. The van der Waals surface area contributed by atoms with Crippen LogP contribution in [0.4, 0.5) is 0 Å². The Balaban J connectivity index is 2.12. The number of benzene rings is 1. The van der Waals surface area contributed by atoms with Crippen molar-refractivity contribution in [2.24, 2.45) is 0 Å². The first-order valence-corrected chi connectivity index (χ1v) is 8.00. The summed E-state index contributed by atoms with van der Waals surface area (Å²) in [6.07, 6.45) is 2.29.